The molecule has 0 spiro atoms. The van der Waals surface area contributed by atoms with Crippen molar-refractivity contribution in [1.29, 1.82) is 0 Å². The summed E-state index contributed by atoms with van der Waals surface area (Å²) in [5, 5.41) is 23.1. The van der Waals surface area contributed by atoms with Gasteiger partial charge in [0.25, 0.3) is 0 Å². The number of aliphatic carboxylic acids is 1. The lowest BCUT2D eigenvalue weighted by molar-refractivity contribution is -0.142. The van der Waals surface area contributed by atoms with Gasteiger partial charge >= 0.3 is 14.6 Å². The van der Waals surface area contributed by atoms with Gasteiger partial charge in [0.05, 0.1) is 6.42 Å². The first kappa shape index (κ1) is 44.9. The summed E-state index contributed by atoms with van der Waals surface area (Å²) in [6.45, 7) is 0.330. The highest BCUT2D eigenvalue weighted by Gasteiger charge is 2.32. The van der Waals surface area contributed by atoms with Crippen molar-refractivity contribution in [2.45, 2.75) is 69.1 Å². The van der Waals surface area contributed by atoms with Crippen molar-refractivity contribution < 1.29 is 43.4 Å². The monoisotopic (exact) mass is 835 g/mol. The van der Waals surface area contributed by atoms with E-state index in [2.05, 4.69) is 21.3 Å². The molecule has 0 radical (unpaired) electrons. The van der Waals surface area contributed by atoms with Gasteiger partial charge in [-0.1, -0.05) is 115 Å². The lowest BCUT2D eigenvalue weighted by Crippen LogP contribution is -2.58. The molecule has 60 heavy (non-hydrogen) atoms. The largest absolute Gasteiger partial charge is 0.480 e. The summed E-state index contributed by atoms with van der Waals surface area (Å²) in [6.07, 6.45) is 1.17. The number of unbranched alkanes of at least 4 members (excludes halogenated alkanes) is 1. The smallest absolute Gasteiger partial charge is 0.391 e. The number of amides is 4. The number of hydrogen-bond donors (Lipinski definition) is 8. The van der Waals surface area contributed by atoms with Gasteiger partial charge in [0, 0.05) is 19.3 Å². The van der Waals surface area contributed by atoms with Crippen LogP contribution in [-0.4, -0.2) is 75.2 Å². The second kappa shape index (κ2) is 22.8. The first-order valence-corrected chi connectivity index (χ1v) is 20.8. The number of hydrogen-bond acceptors (Lipinski definition) is 9. The highest BCUT2D eigenvalue weighted by Crippen LogP contribution is 2.29. The Hall–Kier alpha value is -6.18. The molecule has 5 rings (SSSR count). The molecule has 0 aliphatic rings. The molecule has 0 aliphatic heterocycles. The SMILES string of the molecule is NCCCC[C@@H](NC(=O)[C@@H](Cc1ccccc1)NC(=O)[C@@H](Cc1ccccc1)NC(=O)Cc1ccc2ccccc2c1)C(=O)N[C@H](Cc1ccc(OP(O)O)cc1)C(=O)O. The lowest BCUT2D eigenvalue weighted by Gasteiger charge is -2.26. The summed E-state index contributed by atoms with van der Waals surface area (Å²) in [5.74, 6) is -3.57. The van der Waals surface area contributed by atoms with Gasteiger partial charge in [-0.15, -0.1) is 0 Å². The van der Waals surface area contributed by atoms with Crippen molar-refractivity contribution >= 4 is 49.0 Å². The Morgan fingerprint density at radius 2 is 1.03 bits per heavy atom. The second-order valence-corrected chi connectivity index (χ2v) is 15.0. The fourth-order valence-electron chi connectivity index (χ4n) is 6.69. The molecule has 0 unspecified atom stereocenters. The number of fused-ring (bicyclic) bond motifs is 1. The second-order valence-electron chi connectivity index (χ2n) is 14.4. The highest BCUT2D eigenvalue weighted by molar-refractivity contribution is 7.39. The van der Waals surface area contributed by atoms with E-state index >= 15 is 0 Å². The molecular weight excluding hydrogens is 785 g/mol. The minimum absolute atomic E-state index is 0.0164. The van der Waals surface area contributed by atoms with E-state index in [1.807, 2.05) is 78.9 Å². The summed E-state index contributed by atoms with van der Waals surface area (Å²) in [5.41, 5.74) is 8.51. The maximum atomic E-state index is 14.2. The van der Waals surface area contributed by atoms with Gasteiger partial charge in [-0.2, -0.15) is 0 Å². The minimum Gasteiger partial charge on any atom is -0.480 e. The number of carbonyl (C=O) groups is 5. The van der Waals surface area contributed by atoms with E-state index in [1.165, 1.54) is 24.3 Å². The molecular formula is C45H50N5O9P. The summed E-state index contributed by atoms with van der Waals surface area (Å²) >= 11 is 0. The van der Waals surface area contributed by atoms with Crippen LogP contribution in [0.2, 0.25) is 0 Å². The molecule has 5 aromatic rings. The summed E-state index contributed by atoms with van der Waals surface area (Å²) < 4.78 is 4.87. The molecule has 0 saturated heterocycles. The third-order valence-electron chi connectivity index (χ3n) is 9.77. The fourth-order valence-corrected chi connectivity index (χ4v) is 7.00. The van der Waals surface area contributed by atoms with Crippen LogP contribution in [0.4, 0.5) is 0 Å². The molecule has 14 nitrogen and oxygen atoms in total. The van der Waals surface area contributed by atoms with Gasteiger partial charge in [0.1, 0.15) is 29.9 Å². The van der Waals surface area contributed by atoms with Gasteiger partial charge in [-0.05, 0) is 71.0 Å². The summed E-state index contributed by atoms with van der Waals surface area (Å²) in [4.78, 5) is 86.3. The van der Waals surface area contributed by atoms with Gasteiger partial charge < -0.3 is 46.4 Å². The van der Waals surface area contributed by atoms with Crippen LogP contribution in [0.3, 0.4) is 0 Å². The number of carboxylic acid groups (broad SMARTS) is 1. The van der Waals surface area contributed by atoms with Crippen LogP contribution in [0.15, 0.2) is 127 Å². The highest BCUT2D eigenvalue weighted by atomic mass is 31.2. The molecule has 0 aliphatic carbocycles. The molecule has 0 saturated carbocycles. The van der Waals surface area contributed by atoms with Crippen LogP contribution < -0.4 is 31.5 Å². The first-order valence-electron chi connectivity index (χ1n) is 19.6. The standard InChI is InChI=1S/C45H50N5O9P/c46-24-10-9-17-37(42(52)50-40(45(55)56)28-32-19-22-36(23-20-32)59-60(57)58)48-44(54)39(27-31-13-5-2-6-14-31)49-43(53)38(26-30-11-3-1-4-12-30)47-41(51)29-33-18-21-34-15-7-8-16-35(34)25-33/h1-8,11-16,18-23,25,37-40,57-58H,9-10,17,24,26-29,46H2,(H,47,51)(H,48,54)(H,49,53)(H,50,52)(H,55,56)/t37-,38-,39-,40-/m1/s1. The molecule has 15 heteroatoms. The Morgan fingerprint density at radius 1 is 0.550 bits per heavy atom. The van der Waals surface area contributed by atoms with Crippen LogP contribution in [0, 0.1) is 0 Å². The zero-order valence-electron chi connectivity index (χ0n) is 32.9. The van der Waals surface area contributed by atoms with Crippen molar-refractivity contribution in [2.24, 2.45) is 5.73 Å². The van der Waals surface area contributed by atoms with E-state index in [1.54, 1.807) is 24.3 Å². The summed E-state index contributed by atoms with van der Waals surface area (Å²) in [7, 11) is -2.64. The molecule has 0 heterocycles. The third kappa shape index (κ3) is 14.3. The van der Waals surface area contributed by atoms with E-state index in [-0.39, 0.29) is 43.8 Å². The predicted molar refractivity (Wildman–Crippen MR) is 228 cm³/mol. The number of nitrogens with two attached hydrogens (primary N) is 1. The van der Waals surface area contributed by atoms with Crippen molar-refractivity contribution in [1.82, 2.24) is 21.3 Å². The maximum Gasteiger partial charge on any atom is 0.391 e. The minimum atomic E-state index is -2.64. The van der Waals surface area contributed by atoms with E-state index < -0.39 is 56.5 Å². The van der Waals surface area contributed by atoms with Gasteiger partial charge in [-0.3, -0.25) is 19.2 Å². The first-order chi connectivity index (χ1) is 29.0. The molecule has 0 aromatic heterocycles. The molecule has 0 fully saturated rings. The number of nitrogens with one attached hydrogen (secondary N) is 4. The summed E-state index contributed by atoms with van der Waals surface area (Å²) in [6, 6.07) is 32.8. The average Bonchev–Trinajstić information content (AvgIpc) is 3.23. The van der Waals surface area contributed by atoms with E-state index in [9.17, 15) is 29.1 Å². The topological polar surface area (TPSA) is 229 Å². The molecule has 4 atom stereocenters. The number of benzene rings is 5. The Bertz CT molecular complexity index is 2190. The third-order valence-corrected chi connectivity index (χ3v) is 10.1. The normalized spacial score (nSPS) is 13.1. The van der Waals surface area contributed by atoms with Gasteiger partial charge in [0.15, 0.2) is 0 Å². The predicted octanol–water partition coefficient (Wildman–Crippen LogP) is 3.85. The van der Waals surface area contributed by atoms with E-state index in [0.29, 0.717) is 24.9 Å². The van der Waals surface area contributed by atoms with E-state index in [0.717, 1.165) is 27.5 Å². The van der Waals surface area contributed by atoms with Crippen molar-refractivity contribution in [3.05, 3.63) is 150 Å². The Labute approximate surface area is 349 Å². The Morgan fingerprint density at radius 3 is 1.62 bits per heavy atom. The van der Waals surface area contributed by atoms with Crippen LogP contribution >= 0.6 is 8.60 Å². The van der Waals surface area contributed by atoms with Crippen molar-refractivity contribution in [2.75, 3.05) is 6.54 Å². The Kier molecular flexibility index (Phi) is 17.1. The molecule has 0 bridgehead atoms. The van der Waals surface area contributed by atoms with Crippen molar-refractivity contribution in [3.8, 4) is 5.75 Å². The quantitative estimate of drug-likeness (QED) is 0.0371. The van der Waals surface area contributed by atoms with E-state index in [4.69, 9.17) is 20.0 Å². The zero-order chi connectivity index (χ0) is 42.9. The van der Waals surface area contributed by atoms with Crippen LogP contribution in [-0.2, 0) is 49.7 Å². The maximum absolute atomic E-state index is 14.2. The van der Waals surface area contributed by atoms with Crippen LogP contribution in [0.1, 0.15) is 41.5 Å². The molecule has 4 amide bonds. The average molecular weight is 836 g/mol. The molecule has 314 valence electrons. The number of rotatable bonds is 22. The Balaban J connectivity index is 1.34. The number of carboxylic acids is 1. The van der Waals surface area contributed by atoms with Gasteiger partial charge in [0.2, 0.25) is 23.6 Å². The van der Waals surface area contributed by atoms with Crippen LogP contribution in [0.5, 0.6) is 5.75 Å². The number of carbonyl (C=O) groups excluding carboxylic acids is 4. The van der Waals surface area contributed by atoms with Crippen molar-refractivity contribution in [3.63, 3.8) is 0 Å². The van der Waals surface area contributed by atoms with Gasteiger partial charge in [-0.25, -0.2) is 4.79 Å². The molecule has 9 N–H and O–H groups in total. The fraction of sp³-hybridized carbons (Fsp3) is 0.267. The van der Waals surface area contributed by atoms with Crippen LogP contribution in [0.25, 0.3) is 10.8 Å². The lowest BCUT2D eigenvalue weighted by atomic mass is 10.0. The molecule has 5 aromatic carbocycles. The zero-order valence-corrected chi connectivity index (χ0v) is 33.8.